The second-order valence-corrected chi connectivity index (χ2v) is 5.92. The zero-order valence-corrected chi connectivity index (χ0v) is 12.8. The molecule has 1 aliphatic heterocycles. The summed E-state index contributed by atoms with van der Waals surface area (Å²) in [7, 11) is 1.49. The van der Waals surface area contributed by atoms with E-state index in [1.54, 1.807) is 23.5 Å². The predicted molar refractivity (Wildman–Crippen MR) is 83.6 cm³/mol. The highest BCUT2D eigenvalue weighted by Gasteiger charge is 2.25. The fourth-order valence-corrected chi connectivity index (χ4v) is 3.52. The van der Waals surface area contributed by atoms with E-state index >= 15 is 0 Å². The highest BCUT2D eigenvalue weighted by molar-refractivity contribution is 7.08. The zero-order valence-electron chi connectivity index (χ0n) is 12.0. The molecule has 0 spiro atoms. The van der Waals surface area contributed by atoms with Crippen LogP contribution in [0.1, 0.15) is 17.2 Å². The molecular formula is C16H19FN2OS. The van der Waals surface area contributed by atoms with E-state index in [4.69, 9.17) is 4.74 Å². The molecule has 1 fully saturated rings. The van der Waals surface area contributed by atoms with E-state index in [0.717, 1.165) is 31.7 Å². The Labute approximate surface area is 128 Å². The predicted octanol–water partition coefficient (Wildman–Crippen LogP) is 2.89. The van der Waals surface area contributed by atoms with Gasteiger partial charge in [0.05, 0.1) is 13.2 Å². The lowest BCUT2D eigenvalue weighted by atomic mass is 9.98. The number of rotatable bonds is 4. The minimum Gasteiger partial charge on any atom is -0.494 e. The van der Waals surface area contributed by atoms with Gasteiger partial charge in [0.25, 0.3) is 0 Å². The van der Waals surface area contributed by atoms with Crippen LogP contribution in [0, 0.1) is 5.82 Å². The first-order valence-electron chi connectivity index (χ1n) is 7.10. The third kappa shape index (κ3) is 3.10. The number of methoxy groups -OCH3 is 1. The number of thiophene rings is 1. The molecule has 1 saturated heterocycles. The van der Waals surface area contributed by atoms with Crippen molar-refractivity contribution in [1.29, 1.82) is 0 Å². The lowest BCUT2D eigenvalue weighted by molar-refractivity contribution is 0.198. The average molecular weight is 306 g/mol. The third-order valence-electron chi connectivity index (χ3n) is 3.87. The molecule has 5 heteroatoms. The number of piperazine rings is 1. The first-order chi connectivity index (χ1) is 10.3. The van der Waals surface area contributed by atoms with Gasteiger partial charge >= 0.3 is 0 Å². The fourth-order valence-electron chi connectivity index (χ4n) is 2.84. The van der Waals surface area contributed by atoms with E-state index in [9.17, 15) is 4.39 Å². The maximum absolute atomic E-state index is 14.1. The standard InChI is InChI=1S/C16H19FN2OS/c1-20-15-3-2-12(10-14(15)17)16(13-4-9-21-11-13)19-7-5-18-6-8-19/h2-4,9-11,16,18H,5-8H2,1H3/t16-/m1/s1. The molecule has 0 bridgehead atoms. The highest BCUT2D eigenvalue weighted by atomic mass is 32.1. The average Bonchev–Trinajstić information content (AvgIpc) is 3.03. The number of ether oxygens (including phenoxy) is 1. The van der Waals surface area contributed by atoms with Crippen LogP contribution in [-0.4, -0.2) is 38.2 Å². The van der Waals surface area contributed by atoms with Gasteiger partial charge in [-0.25, -0.2) is 4.39 Å². The van der Waals surface area contributed by atoms with Gasteiger partial charge in [-0.2, -0.15) is 11.3 Å². The maximum Gasteiger partial charge on any atom is 0.165 e. The Bertz CT molecular complexity index is 582. The van der Waals surface area contributed by atoms with Gasteiger partial charge in [-0.3, -0.25) is 4.90 Å². The van der Waals surface area contributed by atoms with E-state index in [1.165, 1.54) is 12.7 Å². The van der Waals surface area contributed by atoms with E-state index < -0.39 is 0 Å². The number of halogens is 1. The van der Waals surface area contributed by atoms with Gasteiger partial charge in [-0.15, -0.1) is 0 Å². The Morgan fingerprint density at radius 2 is 2.05 bits per heavy atom. The van der Waals surface area contributed by atoms with Gasteiger partial charge in [0.1, 0.15) is 0 Å². The van der Waals surface area contributed by atoms with E-state index in [-0.39, 0.29) is 11.9 Å². The van der Waals surface area contributed by atoms with Crippen molar-refractivity contribution in [1.82, 2.24) is 10.2 Å². The molecule has 2 aromatic rings. The lowest BCUT2D eigenvalue weighted by Crippen LogP contribution is -2.45. The Balaban J connectivity index is 1.96. The molecule has 0 saturated carbocycles. The molecule has 0 radical (unpaired) electrons. The number of hydrogen-bond acceptors (Lipinski definition) is 4. The number of nitrogens with one attached hydrogen (secondary N) is 1. The second kappa shape index (κ2) is 6.56. The molecule has 0 unspecified atom stereocenters. The molecular weight excluding hydrogens is 287 g/mol. The van der Waals surface area contributed by atoms with Crippen molar-refractivity contribution in [3.63, 3.8) is 0 Å². The highest BCUT2D eigenvalue weighted by Crippen LogP contribution is 2.32. The molecule has 3 nitrogen and oxygen atoms in total. The molecule has 1 aliphatic rings. The molecule has 0 aliphatic carbocycles. The molecule has 1 aromatic heterocycles. The smallest absolute Gasteiger partial charge is 0.165 e. The van der Waals surface area contributed by atoms with Crippen LogP contribution in [0.2, 0.25) is 0 Å². The van der Waals surface area contributed by atoms with Gasteiger partial charge in [0, 0.05) is 26.2 Å². The van der Waals surface area contributed by atoms with Crippen molar-refractivity contribution in [2.45, 2.75) is 6.04 Å². The summed E-state index contributed by atoms with van der Waals surface area (Å²) >= 11 is 1.68. The monoisotopic (exact) mass is 306 g/mol. The Morgan fingerprint density at radius 3 is 2.67 bits per heavy atom. The summed E-state index contributed by atoms with van der Waals surface area (Å²) in [6, 6.07) is 7.51. The van der Waals surface area contributed by atoms with E-state index in [2.05, 4.69) is 27.0 Å². The molecule has 1 N–H and O–H groups in total. The van der Waals surface area contributed by atoms with Crippen LogP contribution in [0.4, 0.5) is 4.39 Å². The maximum atomic E-state index is 14.1. The Morgan fingerprint density at radius 1 is 1.24 bits per heavy atom. The summed E-state index contributed by atoms with van der Waals surface area (Å²) in [6.07, 6.45) is 0. The Kier molecular flexibility index (Phi) is 4.53. The van der Waals surface area contributed by atoms with Gasteiger partial charge < -0.3 is 10.1 Å². The Hall–Kier alpha value is -1.43. The van der Waals surface area contributed by atoms with Crippen LogP contribution in [0.3, 0.4) is 0 Å². The first-order valence-corrected chi connectivity index (χ1v) is 8.04. The summed E-state index contributed by atoms with van der Waals surface area (Å²) in [5.41, 5.74) is 2.21. The summed E-state index contributed by atoms with van der Waals surface area (Å²) in [4.78, 5) is 2.40. The van der Waals surface area contributed by atoms with Gasteiger partial charge in [0.2, 0.25) is 0 Å². The van der Waals surface area contributed by atoms with Crippen LogP contribution in [0.15, 0.2) is 35.0 Å². The van der Waals surface area contributed by atoms with E-state index in [0.29, 0.717) is 5.75 Å². The quantitative estimate of drug-likeness (QED) is 0.940. The zero-order chi connectivity index (χ0) is 14.7. The van der Waals surface area contributed by atoms with Crippen molar-refractivity contribution in [2.24, 2.45) is 0 Å². The third-order valence-corrected chi connectivity index (χ3v) is 4.57. The number of benzene rings is 1. The fraction of sp³-hybridized carbons (Fsp3) is 0.375. The van der Waals surface area contributed by atoms with Crippen LogP contribution in [0.5, 0.6) is 5.75 Å². The molecule has 3 rings (SSSR count). The molecule has 0 amide bonds. The van der Waals surface area contributed by atoms with Gasteiger partial charge in [-0.1, -0.05) is 6.07 Å². The molecule has 1 aromatic carbocycles. The van der Waals surface area contributed by atoms with Gasteiger partial charge in [-0.05, 0) is 40.1 Å². The van der Waals surface area contributed by atoms with Crippen molar-refractivity contribution in [2.75, 3.05) is 33.3 Å². The molecule has 21 heavy (non-hydrogen) atoms. The number of nitrogens with zero attached hydrogens (tertiary/aromatic N) is 1. The van der Waals surface area contributed by atoms with E-state index in [1.807, 2.05) is 6.07 Å². The minimum absolute atomic E-state index is 0.110. The summed E-state index contributed by atoms with van der Waals surface area (Å²) in [5, 5.41) is 7.58. The first kappa shape index (κ1) is 14.5. The van der Waals surface area contributed by atoms with Crippen molar-refractivity contribution in [3.8, 4) is 5.75 Å². The molecule has 1 atom stereocenters. The summed E-state index contributed by atoms with van der Waals surface area (Å²) in [6.45, 7) is 3.88. The summed E-state index contributed by atoms with van der Waals surface area (Å²) in [5.74, 6) is -0.00602. The molecule has 2 heterocycles. The van der Waals surface area contributed by atoms with Crippen LogP contribution in [-0.2, 0) is 0 Å². The number of hydrogen-bond donors (Lipinski definition) is 1. The largest absolute Gasteiger partial charge is 0.494 e. The SMILES string of the molecule is COc1ccc([C@H](c2ccsc2)N2CCNCC2)cc1F. The van der Waals surface area contributed by atoms with Crippen LogP contribution in [0.25, 0.3) is 0 Å². The lowest BCUT2D eigenvalue weighted by Gasteiger charge is -2.35. The molecule has 112 valence electrons. The van der Waals surface area contributed by atoms with Crippen LogP contribution >= 0.6 is 11.3 Å². The van der Waals surface area contributed by atoms with Crippen molar-refractivity contribution < 1.29 is 9.13 Å². The minimum atomic E-state index is -0.301. The second-order valence-electron chi connectivity index (χ2n) is 5.14. The van der Waals surface area contributed by atoms with Crippen molar-refractivity contribution >= 4 is 11.3 Å². The summed E-state index contributed by atoms with van der Waals surface area (Å²) < 4.78 is 19.1. The van der Waals surface area contributed by atoms with Gasteiger partial charge in [0.15, 0.2) is 11.6 Å². The van der Waals surface area contributed by atoms with Crippen LogP contribution < -0.4 is 10.1 Å². The topological polar surface area (TPSA) is 24.5 Å². The van der Waals surface area contributed by atoms with Crippen molar-refractivity contribution in [3.05, 3.63) is 52.0 Å². The normalized spacial score (nSPS) is 17.6.